The van der Waals surface area contributed by atoms with Gasteiger partial charge in [0, 0.05) is 20.2 Å². The van der Waals surface area contributed by atoms with Crippen LogP contribution in [0.5, 0.6) is 11.5 Å². The molecule has 1 aromatic heterocycles. The van der Waals surface area contributed by atoms with E-state index < -0.39 is 0 Å². The van der Waals surface area contributed by atoms with Crippen LogP contribution in [0.4, 0.5) is 0 Å². The van der Waals surface area contributed by atoms with Crippen LogP contribution in [0, 0.1) is 6.92 Å². The van der Waals surface area contributed by atoms with Gasteiger partial charge in [0.25, 0.3) is 0 Å². The van der Waals surface area contributed by atoms with Gasteiger partial charge in [0.15, 0.2) is 23.3 Å². The van der Waals surface area contributed by atoms with Crippen LogP contribution >= 0.6 is 24.0 Å². The molecule has 2 heterocycles. The van der Waals surface area contributed by atoms with Crippen LogP contribution in [0.3, 0.4) is 0 Å². The summed E-state index contributed by atoms with van der Waals surface area (Å²) >= 11 is 0. The van der Waals surface area contributed by atoms with Crippen LogP contribution in [0.15, 0.2) is 23.2 Å². The summed E-state index contributed by atoms with van der Waals surface area (Å²) in [6.45, 7) is 11.1. The van der Waals surface area contributed by atoms with Gasteiger partial charge in [0.2, 0.25) is 0 Å². The second-order valence-corrected chi connectivity index (χ2v) is 7.84. The molecule has 9 nitrogen and oxygen atoms in total. The maximum atomic E-state index is 5.79. The quantitative estimate of drug-likeness (QED) is 0.256. The molecular formula is C23H37IN6O3. The van der Waals surface area contributed by atoms with Gasteiger partial charge in [-0.2, -0.15) is 0 Å². The Labute approximate surface area is 213 Å². The average molecular weight is 572 g/mol. The predicted octanol–water partition coefficient (Wildman–Crippen LogP) is 3.51. The third kappa shape index (κ3) is 7.73. The molecular weight excluding hydrogens is 535 g/mol. The second kappa shape index (κ2) is 13.6. The number of hydrogen-bond donors (Lipinski definition) is 2. The van der Waals surface area contributed by atoms with Crippen LogP contribution in [0.1, 0.15) is 56.9 Å². The minimum atomic E-state index is 0. The normalized spacial score (nSPS) is 16.8. The van der Waals surface area contributed by atoms with Crippen molar-refractivity contribution in [1.82, 2.24) is 25.4 Å². The van der Waals surface area contributed by atoms with E-state index >= 15 is 0 Å². The van der Waals surface area contributed by atoms with Gasteiger partial charge in [-0.05, 0) is 58.2 Å². The number of guanidine groups is 1. The Morgan fingerprint density at radius 2 is 2.00 bits per heavy atom. The summed E-state index contributed by atoms with van der Waals surface area (Å²) in [4.78, 5) is 4.76. The van der Waals surface area contributed by atoms with E-state index in [1.165, 1.54) is 0 Å². The molecule has 0 amide bonds. The van der Waals surface area contributed by atoms with Crippen molar-refractivity contribution in [3.8, 4) is 11.5 Å². The van der Waals surface area contributed by atoms with E-state index in [-0.39, 0.29) is 36.1 Å². The number of nitrogens with one attached hydrogen (secondary N) is 2. The highest BCUT2D eigenvalue weighted by Gasteiger charge is 2.17. The molecule has 0 radical (unpaired) electrons. The van der Waals surface area contributed by atoms with Crippen LogP contribution in [0.25, 0.3) is 0 Å². The van der Waals surface area contributed by atoms with Crippen molar-refractivity contribution >= 4 is 29.9 Å². The summed E-state index contributed by atoms with van der Waals surface area (Å²) in [5, 5.41) is 15.3. The molecule has 10 heteroatoms. The number of aliphatic imine (C=N–C) groups is 1. The van der Waals surface area contributed by atoms with E-state index in [0.29, 0.717) is 32.3 Å². The fourth-order valence-electron chi connectivity index (χ4n) is 3.53. The Morgan fingerprint density at radius 3 is 2.64 bits per heavy atom. The Morgan fingerprint density at radius 1 is 1.24 bits per heavy atom. The topological polar surface area (TPSA) is 94.8 Å². The summed E-state index contributed by atoms with van der Waals surface area (Å²) in [7, 11) is 1.95. The zero-order valence-corrected chi connectivity index (χ0v) is 22.6. The van der Waals surface area contributed by atoms with Crippen LogP contribution in [0.2, 0.25) is 0 Å². The zero-order valence-electron chi connectivity index (χ0n) is 20.3. The highest BCUT2D eigenvalue weighted by Crippen LogP contribution is 2.30. The molecule has 1 aliphatic rings. The molecule has 2 N–H and O–H groups in total. The Bertz CT molecular complexity index is 898. The first-order valence-electron chi connectivity index (χ1n) is 11.4. The van der Waals surface area contributed by atoms with E-state index in [1.54, 1.807) is 0 Å². The monoisotopic (exact) mass is 572 g/mol. The van der Waals surface area contributed by atoms with Gasteiger partial charge in [-0.3, -0.25) is 0 Å². The molecule has 0 aliphatic carbocycles. The van der Waals surface area contributed by atoms with E-state index in [0.717, 1.165) is 48.2 Å². The molecule has 2 unspecified atom stereocenters. The zero-order chi connectivity index (χ0) is 22.9. The number of halogens is 1. The Balaban J connectivity index is 0.00000385. The van der Waals surface area contributed by atoms with Gasteiger partial charge >= 0.3 is 0 Å². The Hall–Kier alpha value is -2.08. The van der Waals surface area contributed by atoms with E-state index in [2.05, 4.69) is 33.8 Å². The summed E-state index contributed by atoms with van der Waals surface area (Å²) in [6, 6.07) is 6.04. The van der Waals surface area contributed by atoms with Gasteiger partial charge < -0.3 is 29.4 Å². The standard InChI is InChI=1S/C23H36N6O3.HI/c1-6-30-20-11-10-18(13-21(20)31-7-2)16(3)26-23(24-14-19-9-8-12-32-19)25-15-22-28-27-17(4)29(22)5;/h10-11,13,16,19H,6-9,12,14-15H2,1-5H3,(H2,24,25,26);1H. The average Bonchev–Trinajstić information content (AvgIpc) is 3.42. The molecule has 1 saturated heterocycles. The third-order valence-electron chi connectivity index (χ3n) is 5.50. The Kier molecular flexibility index (Phi) is 11.2. The van der Waals surface area contributed by atoms with Gasteiger partial charge in [0.1, 0.15) is 12.4 Å². The van der Waals surface area contributed by atoms with Crippen LogP contribution in [-0.4, -0.2) is 53.2 Å². The molecule has 0 bridgehead atoms. The fraction of sp³-hybridized carbons (Fsp3) is 0.609. The number of benzene rings is 1. The SMILES string of the molecule is CCOc1ccc(C(C)NC(=NCc2nnc(C)n2C)NCC2CCCO2)cc1OCC.I. The molecule has 2 aromatic rings. The van der Waals surface area contributed by atoms with Crippen LogP contribution in [-0.2, 0) is 18.3 Å². The summed E-state index contributed by atoms with van der Waals surface area (Å²) < 4.78 is 19.2. The summed E-state index contributed by atoms with van der Waals surface area (Å²) in [5.74, 6) is 3.89. The molecule has 1 aliphatic heterocycles. The van der Waals surface area contributed by atoms with Gasteiger partial charge in [-0.25, -0.2) is 4.99 Å². The van der Waals surface area contributed by atoms with Crippen molar-refractivity contribution in [2.24, 2.45) is 12.0 Å². The smallest absolute Gasteiger partial charge is 0.192 e. The fourth-order valence-corrected chi connectivity index (χ4v) is 3.53. The maximum Gasteiger partial charge on any atom is 0.192 e. The van der Waals surface area contributed by atoms with E-state index in [1.807, 2.05) is 44.5 Å². The molecule has 3 rings (SSSR count). The molecule has 33 heavy (non-hydrogen) atoms. The minimum Gasteiger partial charge on any atom is -0.490 e. The maximum absolute atomic E-state index is 5.79. The number of aryl methyl sites for hydroxylation is 1. The van der Waals surface area contributed by atoms with E-state index in [9.17, 15) is 0 Å². The van der Waals surface area contributed by atoms with Gasteiger partial charge in [-0.1, -0.05) is 6.07 Å². The van der Waals surface area contributed by atoms with Crippen molar-refractivity contribution in [3.05, 3.63) is 35.4 Å². The van der Waals surface area contributed by atoms with Crippen molar-refractivity contribution in [2.45, 2.75) is 59.2 Å². The second-order valence-electron chi connectivity index (χ2n) is 7.84. The number of ether oxygens (including phenoxy) is 3. The lowest BCUT2D eigenvalue weighted by molar-refractivity contribution is 0.113. The van der Waals surface area contributed by atoms with Crippen molar-refractivity contribution in [1.29, 1.82) is 0 Å². The summed E-state index contributed by atoms with van der Waals surface area (Å²) in [6.07, 6.45) is 2.38. The number of nitrogens with zero attached hydrogens (tertiary/aromatic N) is 4. The van der Waals surface area contributed by atoms with Crippen molar-refractivity contribution < 1.29 is 14.2 Å². The molecule has 1 aromatic carbocycles. The number of hydrogen-bond acceptors (Lipinski definition) is 6. The van der Waals surface area contributed by atoms with Crippen LogP contribution < -0.4 is 20.1 Å². The third-order valence-corrected chi connectivity index (χ3v) is 5.50. The highest BCUT2D eigenvalue weighted by molar-refractivity contribution is 14.0. The molecule has 2 atom stereocenters. The largest absolute Gasteiger partial charge is 0.490 e. The summed E-state index contributed by atoms with van der Waals surface area (Å²) in [5.41, 5.74) is 1.08. The van der Waals surface area contributed by atoms with Crippen molar-refractivity contribution in [2.75, 3.05) is 26.4 Å². The number of rotatable bonds is 10. The first kappa shape index (κ1) is 27.2. The lowest BCUT2D eigenvalue weighted by Crippen LogP contribution is -2.42. The van der Waals surface area contributed by atoms with Gasteiger partial charge in [0.05, 0.1) is 25.4 Å². The molecule has 1 fully saturated rings. The number of aromatic nitrogens is 3. The minimum absolute atomic E-state index is 0. The lowest BCUT2D eigenvalue weighted by atomic mass is 10.1. The lowest BCUT2D eigenvalue weighted by Gasteiger charge is -2.21. The molecule has 0 spiro atoms. The first-order chi connectivity index (χ1) is 15.5. The molecule has 184 valence electrons. The molecule has 0 saturated carbocycles. The van der Waals surface area contributed by atoms with Crippen molar-refractivity contribution in [3.63, 3.8) is 0 Å². The first-order valence-corrected chi connectivity index (χ1v) is 11.4. The predicted molar refractivity (Wildman–Crippen MR) is 140 cm³/mol. The highest BCUT2D eigenvalue weighted by atomic mass is 127. The van der Waals surface area contributed by atoms with E-state index in [4.69, 9.17) is 19.2 Å². The van der Waals surface area contributed by atoms with Gasteiger partial charge in [-0.15, -0.1) is 34.2 Å².